The van der Waals surface area contributed by atoms with Gasteiger partial charge in [-0.1, -0.05) is 25.5 Å². The molecule has 0 unspecified atom stereocenters. The van der Waals surface area contributed by atoms with E-state index in [2.05, 4.69) is 38.9 Å². The van der Waals surface area contributed by atoms with Crippen LogP contribution in [-0.2, 0) is 0 Å². The van der Waals surface area contributed by atoms with Crippen molar-refractivity contribution >= 4 is 5.91 Å². The zero-order valence-electron chi connectivity index (χ0n) is 12.1. The van der Waals surface area contributed by atoms with Crippen molar-refractivity contribution in [3.8, 4) is 0 Å². The summed E-state index contributed by atoms with van der Waals surface area (Å²) in [7, 11) is 0. The maximum Gasteiger partial charge on any atom is 0.251 e. The molecule has 3 nitrogen and oxygen atoms in total. The van der Waals surface area contributed by atoms with Gasteiger partial charge in [0, 0.05) is 5.69 Å². The lowest BCUT2D eigenvalue weighted by molar-refractivity contribution is 0.0849. The summed E-state index contributed by atoms with van der Waals surface area (Å²) in [5, 5.41) is 4.30. The molecular formula is C15H22N2O. The summed E-state index contributed by atoms with van der Waals surface area (Å²) < 4.78 is 1.57. The van der Waals surface area contributed by atoms with Crippen molar-refractivity contribution in [2.24, 2.45) is 17.3 Å². The zero-order chi connectivity index (χ0) is 13.7. The summed E-state index contributed by atoms with van der Waals surface area (Å²) in [5.41, 5.74) is 3.16. The van der Waals surface area contributed by atoms with Crippen LogP contribution in [0.1, 0.15) is 43.9 Å². The first-order valence-electron chi connectivity index (χ1n) is 6.47. The van der Waals surface area contributed by atoms with E-state index < -0.39 is 0 Å². The van der Waals surface area contributed by atoms with Gasteiger partial charge in [-0.05, 0) is 45.1 Å². The molecule has 1 aliphatic carbocycles. The summed E-state index contributed by atoms with van der Waals surface area (Å²) in [6.45, 7) is 12.3. The third-order valence-corrected chi connectivity index (χ3v) is 3.91. The molecule has 1 saturated carbocycles. The fraction of sp³-hybridized carbons (Fsp3) is 0.600. The van der Waals surface area contributed by atoms with Crippen molar-refractivity contribution in [2.45, 2.75) is 41.5 Å². The number of nitrogens with zero attached hydrogens (tertiary/aromatic N) is 2. The molecule has 1 fully saturated rings. The molecule has 0 amide bonds. The van der Waals surface area contributed by atoms with Gasteiger partial charge < -0.3 is 0 Å². The Hall–Kier alpha value is -1.38. The zero-order valence-corrected chi connectivity index (χ0v) is 12.1. The molecule has 3 heteroatoms. The Labute approximate surface area is 109 Å². The molecule has 0 radical (unpaired) electrons. The van der Waals surface area contributed by atoms with Crippen molar-refractivity contribution in [3.05, 3.63) is 29.1 Å². The Kier molecular flexibility index (Phi) is 2.96. The van der Waals surface area contributed by atoms with E-state index in [1.54, 1.807) is 4.68 Å². The largest absolute Gasteiger partial charge is 0.272 e. The molecule has 0 aliphatic heterocycles. The van der Waals surface area contributed by atoms with Gasteiger partial charge in [-0.15, -0.1) is 0 Å². The van der Waals surface area contributed by atoms with Crippen LogP contribution in [0.3, 0.4) is 0 Å². The van der Waals surface area contributed by atoms with E-state index in [0.717, 1.165) is 11.4 Å². The fourth-order valence-corrected chi connectivity index (χ4v) is 2.80. The third-order valence-electron chi connectivity index (χ3n) is 3.91. The Morgan fingerprint density at radius 2 is 2.00 bits per heavy atom. The van der Waals surface area contributed by atoms with E-state index >= 15 is 0 Å². The predicted octanol–water partition coefficient (Wildman–Crippen LogP) is 3.38. The maximum absolute atomic E-state index is 12.5. The normalized spacial score (nSPS) is 24.8. The maximum atomic E-state index is 12.5. The standard InChI is InChI=1S/C15H22N2O/c1-9(2)7-12-13(15(12,5)6)14(18)17-11(4)8-10(3)16-17/h7-8,12-13H,1-6H3/t12-,13-/m0/s1. The lowest BCUT2D eigenvalue weighted by Gasteiger charge is -2.03. The van der Waals surface area contributed by atoms with E-state index in [1.165, 1.54) is 5.57 Å². The van der Waals surface area contributed by atoms with Gasteiger partial charge in [-0.3, -0.25) is 4.79 Å². The smallest absolute Gasteiger partial charge is 0.251 e. The van der Waals surface area contributed by atoms with E-state index in [1.807, 2.05) is 19.9 Å². The molecule has 98 valence electrons. The number of aryl methyl sites for hydroxylation is 2. The molecule has 1 aliphatic rings. The Morgan fingerprint density at radius 1 is 1.39 bits per heavy atom. The average Bonchev–Trinajstić information content (AvgIpc) is 2.58. The van der Waals surface area contributed by atoms with E-state index in [4.69, 9.17) is 0 Å². The highest BCUT2D eigenvalue weighted by Crippen LogP contribution is 2.59. The summed E-state index contributed by atoms with van der Waals surface area (Å²) in [6.07, 6.45) is 2.22. The lowest BCUT2D eigenvalue weighted by atomic mass is 10.1. The van der Waals surface area contributed by atoms with Crippen molar-refractivity contribution in [3.63, 3.8) is 0 Å². The van der Waals surface area contributed by atoms with Crippen LogP contribution in [0, 0.1) is 31.1 Å². The van der Waals surface area contributed by atoms with Crippen LogP contribution in [0.25, 0.3) is 0 Å². The molecule has 1 aromatic heterocycles. The molecular weight excluding hydrogens is 224 g/mol. The Bertz CT molecular complexity index is 519. The second-order valence-electron chi connectivity index (χ2n) is 6.25. The van der Waals surface area contributed by atoms with Gasteiger partial charge in [0.25, 0.3) is 5.91 Å². The van der Waals surface area contributed by atoms with Gasteiger partial charge >= 0.3 is 0 Å². The second kappa shape index (κ2) is 4.08. The van der Waals surface area contributed by atoms with Crippen molar-refractivity contribution in [1.29, 1.82) is 0 Å². The highest BCUT2D eigenvalue weighted by atomic mass is 16.2. The molecule has 0 bridgehead atoms. The van der Waals surface area contributed by atoms with E-state index in [0.29, 0.717) is 5.92 Å². The molecule has 2 atom stereocenters. The van der Waals surface area contributed by atoms with Crippen LogP contribution >= 0.6 is 0 Å². The topological polar surface area (TPSA) is 34.9 Å². The minimum Gasteiger partial charge on any atom is -0.272 e. The van der Waals surface area contributed by atoms with Crippen LogP contribution in [0.4, 0.5) is 0 Å². The number of aromatic nitrogens is 2. The van der Waals surface area contributed by atoms with Crippen LogP contribution in [0.2, 0.25) is 0 Å². The highest BCUT2D eigenvalue weighted by molar-refractivity contribution is 5.85. The van der Waals surface area contributed by atoms with Crippen LogP contribution < -0.4 is 0 Å². The van der Waals surface area contributed by atoms with Crippen molar-refractivity contribution in [2.75, 3.05) is 0 Å². The SMILES string of the molecule is CC(C)=C[C@H]1[C@@H](C(=O)n2nc(C)cc2C)C1(C)C. The van der Waals surface area contributed by atoms with Gasteiger partial charge in [0.1, 0.15) is 0 Å². The number of allylic oxidation sites excluding steroid dienone is 2. The number of carbonyl (C=O) groups is 1. The quantitative estimate of drug-likeness (QED) is 0.750. The highest BCUT2D eigenvalue weighted by Gasteiger charge is 2.61. The van der Waals surface area contributed by atoms with Gasteiger partial charge in [0.05, 0.1) is 11.6 Å². The number of hydrogen-bond donors (Lipinski definition) is 0. The Morgan fingerprint density at radius 3 is 2.44 bits per heavy atom. The second-order valence-corrected chi connectivity index (χ2v) is 6.25. The van der Waals surface area contributed by atoms with Crippen LogP contribution in [0.15, 0.2) is 17.7 Å². The fourth-order valence-electron chi connectivity index (χ4n) is 2.80. The third kappa shape index (κ3) is 2.02. The van der Waals surface area contributed by atoms with Crippen molar-refractivity contribution < 1.29 is 4.79 Å². The van der Waals surface area contributed by atoms with Gasteiger partial charge in [-0.25, -0.2) is 4.68 Å². The first-order chi connectivity index (χ1) is 8.25. The minimum atomic E-state index is 0.0562. The van der Waals surface area contributed by atoms with Gasteiger partial charge in [-0.2, -0.15) is 5.10 Å². The van der Waals surface area contributed by atoms with Crippen LogP contribution in [-0.4, -0.2) is 15.7 Å². The molecule has 0 spiro atoms. The summed E-state index contributed by atoms with van der Waals surface area (Å²) in [5.74, 6) is 0.539. The first-order valence-corrected chi connectivity index (χ1v) is 6.47. The summed E-state index contributed by atoms with van der Waals surface area (Å²) in [6, 6.07) is 1.95. The van der Waals surface area contributed by atoms with Gasteiger partial charge in [0.15, 0.2) is 0 Å². The van der Waals surface area contributed by atoms with Crippen molar-refractivity contribution in [1.82, 2.24) is 9.78 Å². The van der Waals surface area contributed by atoms with E-state index in [-0.39, 0.29) is 17.2 Å². The van der Waals surface area contributed by atoms with E-state index in [9.17, 15) is 4.79 Å². The molecule has 2 rings (SSSR count). The molecule has 18 heavy (non-hydrogen) atoms. The number of hydrogen-bond acceptors (Lipinski definition) is 2. The number of rotatable bonds is 2. The van der Waals surface area contributed by atoms with Crippen LogP contribution in [0.5, 0.6) is 0 Å². The minimum absolute atomic E-state index is 0.0562. The molecule has 1 aromatic rings. The average molecular weight is 246 g/mol. The lowest BCUT2D eigenvalue weighted by Crippen LogP contribution is -2.18. The van der Waals surface area contributed by atoms with Gasteiger partial charge in [0.2, 0.25) is 0 Å². The first kappa shape index (κ1) is 13.1. The predicted molar refractivity (Wildman–Crippen MR) is 72.5 cm³/mol. The summed E-state index contributed by atoms with van der Waals surface area (Å²) in [4.78, 5) is 12.5. The Balaban J connectivity index is 2.27. The monoisotopic (exact) mass is 246 g/mol. The molecule has 0 N–H and O–H groups in total. The number of carbonyl (C=O) groups excluding carboxylic acids is 1. The molecule has 0 aromatic carbocycles. The molecule has 0 saturated heterocycles. The molecule has 1 heterocycles. The summed E-state index contributed by atoms with van der Waals surface area (Å²) >= 11 is 0.